The minimum absolute atomic E-state index is 0.186. The average molecular weight is 431 g/mol. The number of fused-ring (bicyclic) bond motifs is 1. The number of halogens is 5. The monoisotopic (exact) mass is 431 g/mol. The van der Waals surface area contributed by atoms with Crippen LogP contribution in [0, 0.1) is 0 Å². The lowest BCUT2D eigenvalue weighted by molar-refractivity contribution is -0.141. The molecule has 2 aliphatic rings. The van der Waals surface area contributed by atoms with Crippen molar-refractivity contribution in [2.45, 2.75) is 50.4 Å². The molecular weight excluding hydrogens is 413 g/mol. The van der Waals surface area contributed by atoms with Crippen molar-refractivity contribution >= 4 is 5.91 Å². The van der Waals surface area contributed by atoms with Gasteiger partial charge < -0.3 is 4.90 Å². The third kappa shape index (κ3) is 3.58. The van der Waals surface area contributed by atoms with Crippen LogP contribution in [0.3, 0.4) is 0 Å². The highest BCUT2D eigenvalue weighted by Gasteiger charge is 2.47. The molecule has 12 heteroatoms. The molecule has 7 nitrogen and oxygen atoms in total. The first-order valence-corrected chi connectivity index (χ1v) is 9.46. The minimum Gasteiger partial charge on any atom is -0.341 e. The van der Waals surface area contributed by atoms with E-state index in [-0.39, 0.29) is 24.4 Å². The Labute approximate surface area is 167 Å². The van der Waals surface area contributed by atoms with Gasteiger partial charge in [-0.3, -0.25) is 14.3 Å². The molecule has 162 valence electrons. The third-order valence-electron chi connectivity index (χ3n) is 5.39. The van der Waals surface area contributed by atoms with Crippen molar-refractivity contribution in [3.8, 4) is 0 Å². The van der Waals surface area contributed by atoms with Crippen molar-refractivity contribution in [1.29, 1.82) is 0 Å². The molecule has 2 aliphatic heterocycles. The van der Waals surface area contributed by atoms with E-state index in [1.807, 2.05) is 0 Å². The average Bonchev–Trinajstić information content (AvgIpc) is 3.32. The fourth-order valence-electron chi connectivity index (χ4n) is 3.85. The highest BCUT2D eigenvalue weighted by atomic mass is 19.4. The Morgan fingerprint density at radius 1 is 1.20 bits per heavy atom. The van der Waals surface area contributed by atoms with E-state index in [9.17, 15) is 31.5 Å². The van der Waals surface area contributed by atoms with Gasteiger partial charge in [0, 0.05) is 25.7 Å². The van der Waals surface area contributed by atoms with E-state index in [1.165, 1.54) is 0 Å². The van der Waals surface area contributed by atoms with Gasteiger partial charge in [-0.15, -0.1) is 5.10 Å². The normalized spacial score (nSPS) is 21.0. The number of alkyl halides is 5. The van der Waals surface area contributed by atoms with Gasteiger partial charge in [0.2, 0.25) is 11.7 Å². The second-order valence-electron chi connectivity index (χ2n) is 7.47. The van der Waals surface area contributed by atoms with Crippen LogP contribution in [0.4, 0.5) is 22.0 Å². The maximum absolute atomic E-state index is 14.4. The zero-order valence-corrected chi connectivity index (χ0v) is 15.7. The zero-order chi connectivity index (χ0) is 21.7. The third-order valence-corrected chi connectivity index (χ3v) is 5.39. The Bertz CT molecular complexity index is 1010. The molecule has 0 aliphatic carbocycles. The predicted octanol–water partition coefficient (Wildman–Crippen LogP) is 2.56. The number of amides is 1. The summed E-state index contributed by atoms with van der Waals surface area (Å²) < 4.78 is 68.3. The van der Waals surface area contributed by atoms with Crippen LogP contribution in [-0.4, -0.2) is 43.2 Å². The molecule has 0 spiro atoms. The molecule has 2 aromatic heterocycles. The van der Waals surface area contributed by atoms with Gasteiger partial charge in [0.25, 0.3) is 0 Å². The Balaban J connectivity index is 1.67. The molecule has 0 N–H and O–H groups in total. The summed E-state index contributed by atoms with van der Waals surface area (Å²) in [5, 5.41) is 3.73. The van der Waals surface area contributed by atoms with Crippen LogP contribution in [0.5, 0.6) is 0 Å². The molecule has 1 fully saturated rings. The Morgan fingerprint density at radius 2 is 1.90 bits per heavy atom. The van der Waals surface area contributed by atoms with E-state index < -0.39 is 41.8 Å². The number of aromatic nitrogens is 4. The number of carbonyl (C=O) groups is 1. The second-order valence-corrected chi connectivity index (χ2v) is 7.47. The van der Waals surface area contributed by atoms with E-state index in [2.05, 4.69) is 10.1 Å². The minimum atomic E-state index is -4.62. The topological polar surface area (TPSA) is 73.0 Å². The number of pyridine rings is 1. The van der Waals surface area contributed by atoms with E-state index >= 15 is 0 Å². The van der Waals surface area contributed by atoms with Gasteiger partial charge in [0.15, 0.2) is 0 Å². The lowest BCUT2D eigenvalue weighted by Gasteiger charge is -2.30. The summed E-state index contributed by atoms with van der Waals surface area (Å²) in [7, 11) is 0. The molecule has 0 radical (unpaired) electrons. The number of nitrogens with zero attached hydrogens (tertiary/aromatic N) is 5. The number of likely N-dealkylation sites (tertiary alicyclic amines) is 1. The smallest absolute Gasteiger partial charge is 0.341 e. The van der Waals surface area contributed by atoms with Gasteiger partial charge in [0.05, 0.1) is 6.54 Å². The molecule has 0 saturated carbocycles. The van der Waals surface area contributed by atoms with Crippen molar-refractivity contribution in [2.24, 2.45) is 0 Å². The van der Waals surface area contributed by atoms with Gasteiger partial charge in [-0.05, 0) is 30.9 Å². The summed E-state index contributed by atoms with van der Waals surface area (Å²) in [4.78, 5) is 30.5. The second kappa shape index (κ2) is 7.17. The molecule has 1 atom stereocenters. The Kier molecular flexibility index (Phi) is 4.89. The Morgan fingerprint density at radius 3 is 2.50 bits per heavy atom. The molecule has 4 heterocycles. The van der Waals surface area contributed by atoms with E-state index in [0.717, 1.165) is 40.4 Å². The summed E-state index contributed by atoms with van der Waals surface area (Å²) in [5.41, 5.74) is -1.82. The quantitative estimate of drug-likeness (QED) is 0.701. The lowest BCUT2D eigenvalue weighted by atomic mass is 10.0. The zero-order valence-electron chi connectivity index (χ0n) is 15.7. The maximum Gasteiger partial charge on any atom is 0.433 e. The standard InChI is InChI=1S/C18H18F5N5O2/c19-17(20)6-5-12(14(29)26-7-1-2-8-26)28-15(17)25-27(16(28)30)10-11-3-4-13(24-9-11)18(21,22)23/h3-4,9,12H,1-2,5-8,10H2. The first kappa shape index (κ1) is 20.5. The van der Waals surface area contributed by atoms with Crippen molar-refractivity contribution < 1.29 is 26.7 Å². The molecule has 30 heavy (non-hydrogen) atoms. The van der Waals surface area contributed by atoms with Crippen molar-refractivity contribution in [1.82, 2.24) is 24.2 Å². The number of hydrogen-bond acceptors (Lipinski definition) is 4. The van der Waals surface area contributed by atoms with Crippen LogP contribution >= 0.6 is 0 Å². The first-order valence-electron chi connectivity index (χ1n) is 9.46. The van der Waals surface area contributed by atoms with Crippen molar-refractivity contribution in [3.63, 3.8) is 0 Å². The van der Waals surface area contributed by atoms with Crippen LogP contribution in [0.2, 0.25) is 0 Å². The van der Waals surface area contributed by atoms with Crippen LogP contribution in [0.25, 0.3) is 0 Å². The van der Waals surface area contributed by atoms with Gasteiger partial charge in [0.1, 0.15) is 11.7 Å². The molecule has 1 unspecified atom stereocenters. The van der Waals surface area contributed by atoms with E-state index in [0.29, 0.717) is 13.1 Å². The maximum atomic E-state index is 14.4. The summed E-state index contributed by atoms with van der Waals surface area (Å²) in [6.07, 6.45) is -2.88. The molecule has 1 amide bonds. The van der Waals surface area contributed by atoms with E-state index in [4.69, 9.17) is 0 Å². The molecule has 2 aromatic rings. The largest absolute Gasteiger partial charge is 0.433 e. The number of carbonyl (C=O) groups excluding carboxylic acids is 1. The van der Waals surface area contributed by atoms with Crippen LogP contribution in [0.15, 0.2) is 23.1 Å². The molecule has 4 rings (SSSR count). The number of hydrogen-bond donors (Lipinski definition) is 0. The summed E-state index contributed by atoms with van der Waals surface area (Å²) in [6, 6.07) is 0.778. The highest BCUT2D eigenvalue weighted by molar-refractivity contribution is 5.81. The van der Waals surface area contributed by atoms with Crippen LogP contribution in [-0.2, 0) is 23.4 Å². The van der Waals surface area contributed by atoms with Crippen LogP contribution in [0.1, 0.15) is 48.8 Å². The molecule has 0 aromatic carbocycles. The highest BCUT2D eigenvalue weighted by Crippen LogP contribution is 2.40. The van der Waals surface area contributed by atoms with Crippen molar-refractivity contribution in [3.05, 3.63) is 45.9 Å². The molecular formula is C18H18F5N5O2. The van der Waals surface area contributed by atoms with Gasteiger partial charge >= 0.3 is 17.8 Å². The van der Waals surface area contributed by atoms with Crippen LogP contribution < -0.4 is 5.69 Å². The Hall–Kier alpha value is -2.79. The van der Waals surface area contributed by atoms with Gasteiger partial charge in [-0.1, -0.05) is 6.07 Å². The fourth-order valence-corrected chi connectivity index (χ4v) is 3.85. The SMILES string of the molecule is O=C(C1CCC(F)(F)c2nn(Cc3ccc(C(F)(F)F)nc3)c(=O)n21)N1CCCC1. The summed E-state index contributed by atoms with van der Waals surface area (Å²) >= 11 is 0. The van der Waals surface area contributed by atoms with Crippen molar-refractivity contribution in [2.75, 3.05) is 13.1 Å². The predicted molar refractivity (Wildman–Crippen MR) is 92.8 cm³/mol. The number of rotatable bonds is 3. The molecule has 1 saturated heterocycles. The summed E-state index contributed by atoms with van der Waals surface area (Å²) in [6.45, 7) is 0.688. The lowest BCUT2D eigenvalue weighted by Crippen LogP contribution is -2.44. The first-order chi connectivity index (χ1) is 14.1. The fraction of sp³-hybridized carbons (Fsp3) is 0.556. The van der Waals surface area contributed by atoms with Gasteiger partial charge in [-0.25, -0.2) is 9.48 Å². The van der Waals surface area contributed by atoms with E-state index in [1.54, 1.807) is 4.90 Å². The summed E-state index contributed by atoms with van der Waals surface area (Å²) in [5.74, 6) is -4.57. The van der Waals surface area contributed by atoms with Gasteiger partial charge in [-0.2, -0.15) is 22.0 Å². The molecule has 0 bridgehead atoms.